The summed E-state index contributed by atoms with van der Waals surface area (Å²) in [6, 6.07) is -0.500. The molecule has 0 aromatic heterocycles. The molecule has 0 aromatic rings. The predicted molar refractivity (Wildman–Crippen MR) is 52.4 cm³/mol. The Hall–Kier alpha value is -0.650. The third-order valence-electron chi connectivity index (χ3n) is 2.07. The van der Waals surface area contributed by atoms with E-state index in [0.717, 1.165) is 0 Å². The zero-order valence-corrected chi connectivity index (χ0v) is 9.02. The van der Waals surface area contributed by atoms with Crippen LogP contribution in [0.3, 0.4) is 0 Å². The summed E-state index contributed by atoms with van der Waals surface area (Å²) in [5.74, 6) is -0.822. The highest BCUT2D eigenvalue weighted by atomic mass is 16.5. The molecule has 0 spiro atoms. The van der Waals surface area contributed by atoms with Crippen molar-refractivity contribution in [1.29, 1.82) is 0 Å². The van der Waals surface area contributed by atoms with Crippen LogP contribution in [-0.4, -0.2) is 62.5 Å². The second-order valence-electron chi connectivity index (χ2n) is 3.04. The zero-order valence-electron chi connectivity index (χ0n) is 9.02. The Labute approximate surface area is 84.6 Å². The van der Waals surface area contributed by atoms with Crippen molar-refractivity contribution in [1.82, 2.24) is 4.90 Å². The van der Waals surface area contributed by atoms with Crippen molar-refractivity contribution in [3.63, 3.8) is 0 Å². The van der Waals surface area contributed by atoms with E-state index in [1.54, 1.807) is 21.1 Å². The van der Waals surface area contributed by atoms with Crippen LogP contribution in [0.4, 0.5) is 0 Å². The first-order chi connectivity index (χ1) is 6.63. The SMILES string of the molecule is COCCN(CCOC)[C@H](C)C(=O)O. The van der Waals surface area contributed by atoms with E-state index >= 15 is 0 Å². The standard InChI is InChI=1S/C9H19NO4/c1-8(9(11)12)10(4-6-13-2)5-7-14-3/h8H,4-7H2,1-3H3,(H,11,12)/t8-/m1/s1. The molecule has 5 nitrogen and oxygen atoms in total. The van der Waals surface area contributed by atoms with Crippen LogP contribution in [0.1, 0.15) is 6.92 Å². The lowest BCUT2D eigenvalue weighted by atomic mass is 10.3. The maximum Gasteiger partial charge on any atom is 0.320 e. The topological polar surface area (TPSA) is 59.0 Å². The molecule has 0 unspecified atom stereocenters. The van der Waals surface area contributed by atoms with Crippen molar-refractivity contribution in [3.05, 3.63) is 0 Å². The number of methoxy groups -OCH3 is 2. The van der Waals surface area contributed by atoms with Gasteiger partial charge in [-0.2, -0.15) is 0 Å². The van der Waals surface area contributed by atoms with Crippen LogP contribution in [0.5, 0.6) is 0 Å². The monoisotopic (exact) mass is 205 g/mol. The minimum absolute atomic E-state index is 0.500. The summed E-state index contributed by atoms with van der Waals surface area (Å²) in [5.41, 5.74) is 0. The fourth-order valence-corrected chi connectivity index (χ4v) is 1.07. The summed E-state index contributed by atoms with van der Waals surface area (Å²) in [6.45, 7) is 3.93. The number of carboxylic acids is 1. The molecule has 0 aromatic carbocycles. The second kappa shape index (κ2) is 7.73. The summed E-state index contributed by atoms with van der Waals surface area (Å²) in [6.07, 6.45) is 0. The average molecular weight is 205 g/mol. The van der Waals surface area contributed by atoms with Crippen LogP contribution in [-0.2, 0) is 14.3 Å². The van der Waals surface area contributed by atoms with Gasteiger partial charge in [0.2, 0.25) is 0 Å². The minimum Gasteiger partial charge on any atom is -0.480 e. The summed E-state index contributed by atoms with van der Waals surface area (Å²) >= 11 is 0. The molecule has 0 radical (unpaired) electrons. The predicted octanol–water partition coefficient (Wildman–Crippen LogP) is 0.0543. The van der Waals surface area contributed by atoms with Gasteiger partial charge in [-0.3, -0.25) is 9.69 Å². The first-order valence-electron chi connectivity index (χ1n) is 4.58. The molecule has 0 fully saturated rings. The molecular formula is C9H19NO4. The first kappa shape index (κ1) is 13.4. The van der Waals surface area contributed by atoms with Gasteiger partial charge in [0.15, 0.2) is 0 Å². The Kier molecular flexibility index (Phi) is 7.37. The maximum atomic E-state index is 10.7. The van der Waals surface area contributed by atoms with Gasteiger partial charge >= 0.3 is 5.97 Å². The maximum absolute atomic E-state index is 10.7. The molecule has 14 heavy (non-hydrogen) atoms. The van der Waals surface area contributed by atoms with E-state index < -0.39 is 12.0 Å². The molecule has 0 amide bonds. The van der Waals surface area contributed by atoms with Gasteiger partial charge in [-0.25, -0.2) is 0 Å². The Balaban J connectivity index is 4.01. The lowest BCUT2D eigenvalue weighted by Crippen LogP contribution is -2.42. The molecule has 0 rings (SSSR count). The summed E-state index contributed by atoms with van der Waals surface area (Å²) < 4.78 is 9.81. The van der Waals surface area contributed by atoms with Gasteiger partial charge < -0.3 is 14.6 Å². The van der Waals surface area contributed by atoms with E-state index in [2.05, 4.69) is 0 Å². The normalized spacial score (nSPS) is 13.1. The molecule has 84 valence electrons. The summed E-state index contributed by atoms with van der Waals surface area (Å²) in [7, 11) is 3.19. The van der Waals surface area contributed by atoms with Gasteiger partial charge in [-0.1, -0.05) is 0 Å². The minimum atomic E-state index is -0.822. The van der Waals surface area contributed by atoms with Crippen molar-refractivity contribution in [2.24, 2.45) is 0 Å². The number of hydrogen-bond donors (Lipinski definition) is 1. The highest BCUT2D eigenvalue weighted by molar-refractivity contribution is 5.72. The molecular weight excluding hydrogens is 186 g/mol. The Morgan fingerprint density at radius 2 is 1.71 bits per heavy atom. The van der Waals surface area contributed by atoms with E-state index in [9.17, 15) is 4.79 Å². The van der Waals surface area contributed by atoms with E-state index in [4.69, 9.17) is 14.6 Å². The third kappa shape index (κ3) is 5.16. The molecule has 0 saturated carbocycles. The summed E-state index contributed by atoms with van der Waals surface area (Å²) in [5, 5.41) is 8.83. The van der Waals surface area contributed by atoms with Crippen molar-refractivity contribution < 1.29 is 19.4 Å². The van der Waals surface area contributed by atoms with E-state index in [-0.39, 0.29) is 0 Å². The number of carboxylic acid groups (broad SMARTS) is 1. The van der Waals surface area contributed by atoms with Gasteiger partial charge in [0.1, 0.15) is 6.04 Å². The number of hydrogen-bond acceptors (Lipinski definition) is 4. The van der Waals surface area contributed by atoms with Crippen molar-refractivity contribution >= 4 is 5.97 Å². The molecule has 0 heterocycles. The van der Waals surface area contributed by atoms with Crippen molar-refractivity contribution in [2.45, 2.75) is 13.0 Å². The lowest BCUT2D eigenvalue weighted by molar-refractivity contribution is -0.143. The van der Waals surface area contributed by atoms with Crippen molar-refractivity contribution in [3.8, 4) is 0 Å². The second-order valence-corrected chi connectivity index (χ2v) is 3.04. The number of rotatable bonds is 8. The van der Waals surface area contributed by atoms with Crippen LogP contribution in [0, 0.1) is 0 Å². The number of carbonyl (C=O) groups is 1. The number of ether oxygens (including phenoxy) is 2. The molecule has 1 N–H and O–H groups in total. The molecule has 0 aliphatic carbocycles. The zero-order chi connectivity index (χ0) is 11.0. The highest BCUT2D eigenvalue weighted by Crippen LogP contribution is 1.99. The quantitative estimate of drug-likeness (QED) is 0.607. The molecule has 5 heteroatoms. The number of aliphatic carboxylic acids is 1. The first-order valence-corrected chi connectivity index (χ1v) is 4.58. The van der Waals surface area contributed by atoms with Gasteiger partial charge in [0.05, 0.1) is 13.2 Å². The van der Waals surface area contributed by atoms with Crippen LogP contribution >= 0.6 is 0 Å². The molecule has 0 aliphatic heterocycles. The van der Waals surface area contributed by atoms with Crippen LogP contribution in [0.25, 0.3) is 0 Å². The fourth-order valence-electron chi connectivity index (χ4n) is 1.07. The van der Waals surface area contributed by atoms with Gasteiger partial charge in [0.25, 0.3) is 0 Å². The fraction of sp³-hybridized carbons (Fsp3) is 0.889. The van der Waals surface area contributed by atoms with E-state index in [1.165, 1.54) is 0 Å². The van der Waals surface area contributed by atoms with Gasteiger partial charge in [-0.15, -0.1) is 0 Å². The summed E-state index contributed by atoms with van der Waals surface area (Å²) in [4.78, 5) is 12.6. The molecule has 0 aliphatic rings. The lowest BCUT2D eigenvalue weighted by Gasteiger charge is -2.25. The van der Waals surface area contributed by atoms with E-state index in [0.29, 0.717) is 26.3 Å². The Morgan fingerprint density at radius 1 is 1.29 bits per heavy atom. The van der Waals surface area contributed by atoms with Crippen LogP contribution in [0.2, 0.25) is 0 Å². The smallest absolute Gasteiger partial charge is 0.320 e. The van der Waals surface area contributed by atoms with Crippen molar-refractivity contribution in [2.75, 3.05) is 40.5 Å². The van der Waals surface area contributed by atoms with Gasteiger partial charge in [-0.05, 0) is 6.92 Å². The average Bonchev–Trinajstić information content (AvgIpc) is 2.17. The molecule has 1 atom stereocenters. The third-order valence-corrected chi connectivity index (χ3v) is 2.07. The highest BCUT2D eigenvalue weighted by Gasteiger charge is 2.19. The Bertz CT molecular complexity index is 155. The van der Waals surface area contributed by atoms with Crippen LogP contribution < -0.4 is 0 Å². The molecule has 0 saturated heterocycles. The molecule has 0 bridgehead atoms. The Morgan fingerprint density at radius 3 is 2.00 bits per heavy atom. The number of nitrogens with zero attached hydrogens (tertiary/aromatic N) is 1. The van der Waals surface area contributed by atoms with Gasteiger partial charge in [0, 0.05) is 27.3 Å². The largest absolute Gasteiger partial charge is 0.480 e. The van der Waals surface area contributed by atoms with Crippen LogP contribution in [0.15, 0.2) is 0 Å². The van der Waals surface area contributed by atoms with E-state index in [1.807, 2.05) is 4.90 Å².